The molecule has 0 bridgehead atoms. The van der Waals surface area contributed by atoms with Gasteiger partial charge < -0.3 is 28.6 Å². The molecule has 2 aliphatic heterocycles. The number of hydrazone groups is 1. The van der Waals surface area contributed by atoms with Crippen LogP contribution in [-0.2, 0) is 16.0 Å². The fourth-order valence-corrected chi connectivity index (χ4v) is 5.19. The standard InChI is InChI=1S/C31H37N7O3/c1-23-7-8-24(2)28(19-23)41-18-13-38-22-25(26-5-3-4-6-27(26)38)21-32-35-29-20-30(36-9-14-39-15-10-36)34-31(33-29)37-11-16-40-17-12-37/h3-8,19-22H,9-18H2,1-2H3,(H,33,34,35)/b32-21+. The normalized spacial score (nSPS) is 16.0. The number of benzene rings is 2. The van der Waals surface area contributed by atoms with Crippen LogP contribution in [0.25, 0.3) is 10.9 Å². The molecule has 0 saturated carbocycles. The number of nitrogens with zero attached hydrogens (tertiary/aromatic N) is 6. The third-order valence-electron chi connectivity index (χ3n) is 7.47. The first-order chi connectivity index (χ1) is 20.1. The zero-order chi connectivity index (χ0) is 28.0. The number of aromatic nitrogens is 3. The summed E-state index contributed by atoms with van der Waals surface area (Å²) in [5, 5.41) is 5.74. The van der Waals surface area contributed by atoms with Gasteiger partial charge in [-0.3, -0.25) is 5.43 Å². The van der Waals surface area contributed by atoms with E-state index in [4.69, 9.17) is 24.2 Å². The average Bonchev–Trinajstić information content (AvgIpc) is 3.37. The lowest BCUT2D eigenvalue weighted by Gasteiger charge is -2.31. The average molecular weight is 556 g/mol. The molecule has 0 radical (unpaired) electrons. The highest BCUT2D eigenvalue weighted by Crippen LogP contribution is 2.24. The molecule has 41 heavy (non-hydrogen) atoms. The van der Waals surface area contributed by atoms with Crippen molar-refractivity contribution in [3.8, 4) is 5.75 Å². The molecule has 4 heterocycles. The van der Waals surface area contributed by atoms with Gasteiger partial charge in [-0.25, -0.2) is 0 Å². The van der Waals surface area contributed by atoms with Gasteiger partial charge in [0.15, 0.2) is 5.82 Å². The molecule has 2 saturated heterocycles. The van der Waals surface area contributed by atoms with Gasteiger partial charge >= 0.3 is 0 Å². The number of hydrogen-bond donors (Lipinski definition) is 1. The molecule has 0 amide bonds. The quantitative estimate of drug-likeness (QED) is 0.242. The van der Waals surface area contributed by atoms with Gasteiger partial charge in [0, 0.05) is 54.9 Å². The van der Waals surface area contributed by atoms with Crippen molar-refractivity contribution in [1.82, 2.24) is 14.5 Å². The lowest BCUT2D eigenvalue weighted by Crippen LogP contribution is -2.39. The van der Waals surface area contributed by atoms with Crippen molar-refractivity contribution in [3.63, 3.8) is 0 Å². The van der Waals surface area contributed by atoms with Crippen molar-refractivity contribution in [2.75, 3.05) is 74.4 Å². The van der Waals surface area contributed by atoms with Gasteiger partial charge in [0.2, 0.25) is 5.95 Å². The minimum absolute atomic E-state index is 0.577. The number of aryl methyl sites for hydroxylation is 2. The summed E-state index contributed by atoms with van der Waals surface area (Å²) in [5.41, 5.74) is 7.68. The van der Waals surface area contributed by atoms with Crippen molar-refractivity contribution in [3.05, 3.63) is 71.4 Å². The van der Waals surface area contributed by atoms with Crippen molar-refractivity contribution < 1.29 is 14.2 Å². The highest BCUT2D eigenvalue weighted by atomic mass is 16.5. The predicted octanol–water partition coefficient (Wildman–Crippen LogP) is 4.25. The summed E-state index contributed by atoms with van der Waals surface area (Å²) < 4.78 is 19.4. The molecule has 0 aliphatic carbocycles. The zero-order valence-electron chi connectivity index (χ0n) is 23.8. The van der Waals surface area contributed by atoms with Crippen LogP contribution in [0.5, 0.6) is 5.75 Å². The van der Waals surface area contributed by atoms with Gasteiger partial charge in [-0.15, -0.1) is 0 Å². The molecule has 10 nitrogen and oxygen atoms in total. The second kappa shape index (κ2) is 12.6. The molecule has 1 N–H and O–H groups in total. The highest BCUT2D eigenvalue weighted by Gasteiger charge is 2.19. The molecular formula is C31H37N7O3. The Hall–Kier alpha value is -4.15. The van der Waals surface area contributed by atoms with Crippen molar-refractivity contribution in [2.24, 2.45) is 5.10 Å². The van der Waals surface area contributed by atoms with Crippen LogP contribution >= 0.6 is 0 Å². The van der Waals surface area contributed by atoms with Crippen LogP contribution in [0.2, 0.25) is 0 Å². The second-order valence-corrected chi connectivity index (χ2v) is 10.4. The SMILES string of the molecule is Cc1ccc(C)c(OCCn2cc(/C=N/Nc3cc(N4CCOCC4)nc(N4CCOCC4)n3)c3ccccc32)c1. The maximum Gasteiger partial charge on any atom is 0.229 e. The molecule has 4 aromatic rings. The number of morpholine rings is 2. The smallest absolute Gasteiger partial charge is 0.229 e. The first kappa shape index (κ1) is 27.0. The Morgan fingerprint density at radius 2 is 1.68 bits per heavy atom. The largest absolute Gasteiger partial charge is 0.491 e. The van der Waals surface area contributed by atoms with E-state index >= 15 is 0 Å². The first-order valence-corrected chi connectivity index (χ1v) is 14.3. The number of para-hydroxylation sites is 1. The van der Waals surface area contributed by atoms with Crippen molar-refractivity contribution >= 4 is 34.7 Å². The fourth-order valence-electron chi connectivity index (χ4n) is 5.19. The molecule has 2 aromatic carbocycles. The van der Waals surface area contributed by atoms with Crippen molar-refractivity contribution in [1.29, 1.82) is 0 Å². The Morgan fingerprint density at radius 3 is 2.49 bits per heavy atom. The number of nitrogens with one attached hydrogen (secondary N) is 1. The van der Waals surface area contributed by atoms with Gasteiger partial charge in [-0.1, -0.05) is 30.3 Å². The Balaban J connectivity index is 1.19. The van der Waals surface area contributed by atoms with E-state index < -0.39 is 0 Å². The van der Waals surface area contributed by atoms with Crippen LogP contribution in [0.4, 0.5) is 17.6 Å². The molecule has 2 aromatic heterocycles. The van der Waals surface area contributed by atoms with Gasteiger partial charge in [0.05, 0.1) is 39.2 Å². The summed E-state index contributed by atoms with van der Waals surface area (Å²) in [4.78, 5) is 14.1. The van der Waals surface area contributed by atoms with Crippen LogP contribution in [-0.4, -0.2) is 80.0 Å². The van der Waals surface area contributed by atoms with E-state index in [-0.39, 0.29) is 0 Å². The van der Waals surface area contributed by atoms with E-state index in [1.807, 2.05) is 12.3 Å². The lowest BCUT2D eigenvalue weighted by atomic mass is 10.1. The molecule has 10 heteroatoms. The maximum atomic E-state index is 6.14. The molecule has 0 unspecified atom stereocenters. The van der Waals surface area contributed by atoms with E-state index in [0.717, 1.165) is 66.3 Å². The van der Waals surface area contributed by atoms with E-state index in [1.54, 1.807) is 0 Å². The number of fused-ring (bicyclic) bond motifs is 1. The Morgan fingerprint density at radius 1 is 0.927 bits per heavy atom. The van der Waals surface area contributed by atoms with Crippen LogP contribution in [0.1, 0.15) is 16.7 Å². The molecule has 214 valence electrons. The number of rotatable bonds is 9. The van der Waals surface area contributed by atoms with Gasteiger partial charge in [0.1, 0.15) is 18.2 Å². The third-order valence-corrected chi connectivity index (χ3v) is 7.47. The van der Waals surface area contributed by atoms with E-state index in [0.29, 0.717) is 44.8 Å². The molecule has 2 aliphatic rings. The highest BCUT2D eigenvalue weighted by molar-refractivity contribution is 5.99. The zero-order valence-corrected chi connectivity index (χ0v) is 23.8. The third kappa shape index (κ3) is 6.44. The monoisotopic (exact) mass is 555 g/mol. The Bertz CT molecular complexity index is 1470. The summed E-state index contributed by atoms with van der Waals surface area (Å²) in [6, 6.07) is 16.6. The Labute approximate surface area is 240 Å². The lowest BCUT2D eigenvalue weighted by molar-refractivity contribution is 0.121. The number of hydrogen-bond acceptors (Lipinski definition) is 9. The Kier molecular flexibility index (Phi) is 8.29. The molecular weight excluding hydrogens is 518 g/mol. The molecule has 6 rings (SSSR count). The second-order valence-electron chi connectivity index (χ2n) is 10.4. The number of ether oxygens (including phenoxy) is 3. The van der Waals surface area contributed by atoms with Crippen LogP contribution in [0.15, 0.2) is 59.8 Å². The molecule has 2 fully saturated rings. The van der Waals surface area contributed by atoms with E-state index in [1.165, 1.54) is 5.56 Å². The summed E-state index contributed by atoms with van der Waals surface area (Å²) in [5.74, 6) is 3.16. The van der Waals surface area contributed by atoms with Crippen molar-refractivity contribution in [2.45, 2.75) is 20.4 Å². The topological polar surface area (TPSA) is 89.3 Å². The summed E-state index contributed by atoms with van der Waals surface area (Å²) in [6.07, 6.45) is 3.98. The minimum atomic E-state index is 0.577. The number of anilines is 3. The van der Waals surface area contributed by atoms with E-state index in [9.17, 15) is 0 Å². The minimum Gasteiger partial charge on any atom is -0.491 e. The predicted molar refractivity (Wildman–Crippen MR) is 163 cm³/mol. The summed E-state index contributed by atoms with van der Waals surface area (Å²) in [7, 11) is 0. The molecule has 0 spiro atoms. The summed E-state index contributed by atoms with van der Waals surface area (Å²) in [6.45, 7) is 11.3. The van der Waals surface area contributed by atoms with Crippen LogP contribution < -0.4 is 20.0 Å². The van der Waals surface area contributed by atoms with Crippen LogP contribution in [0, 0.1) is 13.8 Å². The maximum absolute atomic E-state index is 6.14. The van der Waals surface area contributed by atoms with E-state index in [2.05, 4.69) is 87.4 Å². The van der Waals surface area contributed by atoms with Gasteiger partial charge in [-0.05, 0) is 37.1 Å². The van der Waals surface area contributed by atoms with Gasteiger partial charge in [-0.2, -0.15) is 15.1 Å². The summed E-state index contributed by atoms with van der Waals surface area (Å²) >= 11 is 0. The fraction of sp³-hybridized carbons (Fsp3) is 0.387. The first-order valence-electron chi connectivity index (χ1n) is 14.3. The van der Waals surface area contributed by atoms with Crippen LogP contribution in [0.3, 0.4) is 0 Å². The molecule has 0 atom stereocenters. The van der Waals surface area contributed by atoms with Gasteiger partial charge in [0.25, 0.3) is 0 Å².